The van der Waals surface area contributed by atoms with Gasteiger partial charge in [-0.2, -0.15) is 0 Å². The van der Waals surface area contributed by atoms with Crippen molar-refractivity contribution in [3.63, 3.8) is 0 Å². The minimum atomic E-state index is -0.382. The van der Waals surface area contributed by atoms with E-state index in [0.29, 0.717) is 28.4 Å². The van der Waals surface area contributed by atoms with Crippen LogP contribution in [-0.2, 0) is 0 Å². The molecule has 2 N–H and O–H groups in total. The molecule has 0 spiro atoms. The number of aromatic nitrogens is 1. The van der Waals surface area contributed by atoms with E-state index in [-0.39, 0.29) is 24.3 Å². The molecular formula is C22H19N3O4. The monoisotopic (exact) mass is 389 g/mol. The molecule has 1 aromatic heterocycles. The molecule has 0 radical (unpaired) electrons. The maximum atomic E-state index is 12.6. The summed E-state index contributed by atoms with van der Waals surface area (Å²) in [7, 11) is 0. The molecule has 146 valence electrons. The lowest BCUT2D eigenvalue weighted by Crippen LogP contribution is -2.17. The molecule has 0 saturated heterocycles. The van der Waals surface area contributed by atoms with Crippen LogP contribution >= 0.6 is 0 Å². The minimum absolute atomic E-state index is 0.155. The van der Waals surface area contributed by atoms with Crippen LogP contribution in [0.1, 0.15) is 32.0 Å². The number of aryl methyl sites for hydroxylation is 2. The van der Waals surface area contributed by atoms with Crippen LogP contribution in [0.3, 0.4) is 0 Å². The molecule has 29 heavy (non-hydrogen) atoms. The third-order valence-corrected chi connectivity index (χ3v) is 4.36. The lowest BCUT2D eigenvalue weighted by molar-refractivity contribution is 0.102. The Bertz CT molecular complexity index is 1090. The van der Waals surface area contributed by atoms with Gasteiger partial charge in [0.25, 0.3) is 11.8 Å². The predicted molar refractivity (Wildman–Crippen MR) is 109 cm³/mol. The van der Waals surface area contributed by atoms with E-state index >= 15 is 0 Å². The van der Waals surface area contributed by atoms with Crippen LogP contribution in [-0.4, -0.2) is 23.6 Å². The molecular weight excluding hydrogens is 370 g/mol. The van der Waals surface area contributed by atoms with E-state index in [1.807, 2.05) is 32.0 Å². The Balaban J connectivity index is 1.49. The summed E-state index contributed by atoms with van der Waals surface area (Å²) in [5.41, 5.74) is 3.82. The number of amides is 2. The van der Waals surface area contributed by atoms with E-state index in [2.05, 4.69) is 15.6 Å². The van der Waals surface area contributed by atoms with Gasteiger partial charge < -0.3 is 20.1 Å². The summed E-state index contributed by atoms with van der Waals surface area (Å²) in [5.74, 6) is 0.475. The van der Waals surface area contributed by atoms with Gasteiger partial charge in [-0.25, -0.2) is 0 Å². The molecule has 7 nitrogen and oxygen atoms in total. The van der Waals surface area contributed by atoms with Crippen LogP contribution in [0.4, 0.5) is 11.4 Å². The zero-order valence-electron chi connectivity index (χ0n) is 16.0. The smallest absolute Gasteiger partial charge is 0.274 e. The minimum Gasteiger partial charge on any atom is -0.454 e. The van der Waals surface area contributed by atoms with Gasteiger partial charge in [-0.15, -0.1) is 0 Å². The van der Waals surface area contributed by atoms with Crippen LogP contribution in [0.2, 0.25) is 0 Å². The number of anilines is 2. The normalized spacial score (nSPS) is 11.8. The summed E-state index contributed by atoms with van der Waals surface area (Å²) in [6, 6.07) is 13.9. The van der Waals surface area contributed by atoms with Gasteiger partial charge in [0, 0.05) is 29.2 Å². The Kier molecular flexibility index (Phi) is 4.87. The van der Waals surface area contributed by atoms with Crippen molar-refractivity contribution in [1.82, 2.24) is 4.98 Å². The molecule has 0 atom stereocenters. The number of hydrogen-bond donors (Lipinski definition) is 2. The lowest BCUT2D eigenvalue weighted by Gasteiger charge is -2.09. The van der Waals surface area contributed by atoms with E-state index in [1.165, 1.54) is 12.3 Å². The van der Waals surface area contributed by atoms with E-state index < -0.39 is 0 Å². The van der Waals surface area contributed by atoms with Crippen LogP contribution in [0.15, 0.2) is 54.7 Å². The molecule has 3 aromatic rings. The number of nitrogens with zero attached hydrogens (tertiary/aromatic N) is 1. The number of benzene rings is 2. The number of fused-ring (bicyclic) bond motifs is 1. The van der Waals surface area contributed by atoms with Crippen LogP contribution < -0.4 is 20.1 Å². The maximum absolute atomic E-state index is 12.6. The molecule has 0 unspecified atom stereocenters. The van der Waals surface area contributed by atoms with Crippen LogP contribution in [0.5, 0.6) is 11.5 Å². The van der Waals surface area contributed by atoms with E-state index in [1.54, 1.807) is 24.3 Å². The number of pyridine rings is 1. The second kappa shape index (κ2) is 7.63. The van der Waals surface area contributed by atoms with Crippen molar-refractivity contribution in [1.29, 1.82) is 0 Å². The van der Waals surface area contributed by atoms with E-state index in [0.717, 1.165) is 11.1 Å². The first-order valence-corrected chi connectivity index (χ1v) is 9.05. The van der Waals surface area contributed by atoms with Gasteiger partial charge in [-0.3, -0.25) is 14.6 Å². The highest BCUT2D eigenvalue weighted by Gasteiger charge is 2.16. The number of nitrogens with one attached hydrogen (secondary N) is 2. The van der Waals surface area contributed by atoms with Gasteiger partial charge >= 0.3 is 0 Å². The molecule has 2 amide bonds. The fraction of sp³-hybridized carbons (Fsp3) is 0.136. The molecule has 0 aliphatic carbocycles. The molecule has 4 rings (SSSR count). The van der Waals surface area contributed by atoms with Crippen molar-refractivity contribution >= 4 is 23.2 Å². The summed E-state index contributed by atoms with van der Waals surface area (Å²) < 4.78 is 10.6. The Morgan fingerprint density at radius 2 is 1.55 bits per heavy atom. The Morgan fingerprint density at radius 1 is 0.828 bits per heavy atom. The number of hydrogen-bond acceptors (Lipinski definition) is 5. The van der Waals surface area contributed by atoms with Gasteiger partial charge in [-0.1, -0.05) is 6.07 Å². The van der Waals surface area contributed by atoms with Crippen molar-refractivity contribution < 1.29 is 19.1 Å². The molecule has 7 heteroatoms. The highest BCUT2D eigenvalue weighted by atomic mass is 16.7. The summed E-state index contributed by atoms with van der Waals surface area (Å²) in [6.07, 6.45) is 1.44. The number of ether oxygens (including phenoxy) is 2. The second-order valence-corrected chi connectivity index (χ2v) is 6.78. The fourth-order valence-electron chi connectivity index (χ4n) is 3.12. The van der Waals surface area contributed by atoms with E-state index in [9.17, 15) is 9.59 Å². The third-order valence-electron chi connectivity index (χ3n) is 4.36. The molecule has 0 saturated carbocycles. The molecule has 0 fully saturated rings. The van der Waals surface area contributed by atoms with Crippen LogP contribution in [0.25, 0.3) is 0 Å². The zero-order valence-corrected chi connectivity index (χ0v) is 16.0. The summed E-state index contributed by atoms with van der Waals surface area (Å²) in [5, 5.41) is 5.61. The molecule has 1 aliphatic rings. The number of carbonyl (C=O) groups is 2. The van der Waals surface area contributed by atoms with Crippen molar-refractivity contribution in [2.24, 2.45) is 0 Å². The van der Waals surface area contributed by atoms with Gasteiger partial charge in [0.05, 0.1) is 0 Å². The van der Waals surface area contributed by atoms with Gasteiger partial charge in [0.2, 0.25) is 6.79 Å². The second-order valence-electron chi connectivity index (χ2n) is 6.78. The van der Waals surface area contributed by atoms with Crippen LogP contribution in [0, 0.1) is 13.8 Å². The summed E-state index contributed by atoms with van der Waals surface area (Å²) in [4.78, 5) is 29.2. The fourth-order valence-corrected chi connectivity index (χ4v) is 3.12. The van der Waals surface area contributed by atoms with Crippen molar-refractivity contribution in [3.8, 4) is 11.5 Å². The Morgan fingerprint density at radius 3 is 2.34 bits per heavy atom. The van der Waals surface area contributed by atoms with Gasteiger partial charge in [-0.05, 0) is 61.4 Å². The Labute approximate surface area is 167 Å². The highest BCUT2D eigenvalue weighted by Crippen LogP contribution is 2.34. The molecule has 0 bridgehead atoms. The topological polar surface area (TPSA) is 89.6 Å². The first-order valence-electron chi connectivity index (χ1n) is 9.05. The molecule has 2 aromatic carbocycles. The standard InChI is InChI=1S/C22H19N3O4/c1-13-7-14(2)9-17(8-13)25-22(27)18-10-15(5-6-23-18)21(26)24-16-3-4-19-20(11-16)29-12-28-19/h3-11H,12H2,1-2H3,(H,24,26)(H,25,27). The lowest BCUT2D eigenvalue weighted by atomic mass is 10.1. The SMILES string of the molecule is Cc1cc(C)cc(NC(=O)c2cc(C(=O)Nc3ccc4c(c3)OCO4)ccn2)c1. The van der Waals surface area contributed by atoms with E-state index in [4.69, 9.17) is 9.47 Å². The van der Waals surface area contributed by atoms with Crippen molar-refractivity contribution in [3.05, 3.63) is 77.1 Å². The quantitative estimate of drug-likeness (QED) is 0.706. The molecule has 2 heterocycles. The summed E-state index contributed by atoms with van der Waals surface area (Å²) >= 11 is 0. The predicted octanol–water partition coefficient (Wildman–Crippen LogP) is 3.93. The zero-order chi connectivity index (χ0) is 20.4. The summed E-state index contributed by atoms with van der Waals surface area (Å²) in [6.45, 7) is 4.08. The first-order chi connectivity index (χ1) is 14.0. The average molecular weight is 389 g/mol. The average Bonchev–Trinajstić information content (AvgIpc) is 3.15. The van der Waals surface area contributed by atoms with Gasteiger partial charge in [0.1, 0.15) is 5.69 Å². The maximum Gasteiger partial charge on any atom is 0.274 e. The third kappa shape index (κ3) is 4.19. The van der Waals surface area contributed by atoms with Crippen molar-refractivity contribution in [2.45, 2.75) is 13.8 Å². The highest BCUT2D eigenvalue weighted by molar-refractivity contribution is 6.08. The first kappa shape index (κ1) is 18.5. The molecule has 1 aliphatic heterocycles. The van der Waals surface area contributed by atoms with Gasteiger partial charge in [0.15, 0.2) is 11.5 Å². The number of carbonyl (C=O) groups excluding carboxylic acids is 2. The Hall–Kier alpha value is -3.87. The van der Waals surface area contributed by atoms with Crippen molar-refractivity contribution in [2.75, 3.05) is 17.4 Å². The number of rotatable bonds is 4. The largest absolute Gasteiger partial charge is 0.454 e.